The van der Waals surface area contributed by atoms with Gasteiger partial charge in [0.2, 0.25) is 0 Å². The van der Waals surface area contributed by atoms with Gasteiger partial charge in [-0.15, -0.1) is 0 Å². The summed E-state index contributed by atoms with van der Waals surface area (Å²) in [5, 5.41) is 15.1. The molecule has 29 nitrogen and oxygen atoms in total. The number of ether oxygens (including phenoxy) is 2. The molecule has 10 N–H and O–H groups in total. The number of hydrogen-bond donors (Lipinski definition) is 8. The van der Waals surface area contributed by atoms with Gasteiger partial charge in [-0.05, 0) is 209 Å². The Balaban J connectivity index is 0.000000208. The van der Waals surface area contributed by atoms with Gasteiger partial charge >= 0.3 is 0 Å². The number of nitrogens with zero attached hydrogens (tertiary/aromatic N) is 4. The largest absolute Gasteiger partial charge is 0.487 e. The number of halogens is 4. The van der Waals surface area contributed by atoms with Crippen molar-refractivity contribution < 1.29 is 101 Å². The van der Waals surface area contributed by atoms with E-state index in [0.29, 0.717) is 105 Å². The molecule has 0 bridgehead atoms. The van der Waals surface area contributed by atoms with Crippen LogP contribution in [0.5, 0.6) is 11.5 Å². The van der Waals surface area contributed by atoms with Gasteiger partial charge in [-0.1, -0.05) is 118 Å². The fourth-order valence-corrected chi connectivity index (χ4v) is 14.3. The van der Waals surface area contributed by atoms with Crippen LogP contribution in [0.25, 0.3) is 44.5 Å². The van der Waals surface area contributed by atoms with Crippen LogP contribution < -0.4 is 30.7 Å². The number of aryl methyl sites for hydroxylation is 4. The first kappa shape index (κ1) is 98.9. The van der Waals surface area contributed by atoms with Crippen LogP contribution >= 0.6 is 23.2 Å². The summed E-state index contributed by atoms with van der Waals surface area (Å²) in [7, 11) is -22.1. The molecule has 14 aromatic rings. The molecule has 0 saturated heterocycles. The number of aromatic nitrogens is 4. The van der Waals surface area contributed by atoms with E-state index in [1.54, 1.807) is 97.1 Å². The zero-order valence-electron chi connectivity index (χ0n) is 67.5. The maximum atomic E-state index is 13.4. The summed E-state index contributed by atoms with van der Waals surface area (Å²) >= 11 is 12.9. The second kappa shape index (κ2) is 44.9. The molecule has 0 atom stereocenters. The van der Waals surface area contributed by atoms with Crippen molar-refractivity contribution in [2.75, 3.05) is 47.7 Å². The number of rotatable bonds is 26. The third-order valence-corrected chi connectivity index (χ3v) is 23.2. The Kier molecular flexibility index (Phi) is 35.5. The Hall–Kier alpha value is -11.5. The van der Waals surface area contributed by atoms with Crippen molar-refractivity contribution in [1.29, 1.82) is 0 Å². The summed E-state index contributed by atoms with van der Waals surface area (Å²) < 4.78 is 214. The molecule has 14 rings (SSSR count). The third-order valence-electron chi connectivity index (χ3n) is 17.3. The molecule has 0 aliphatic heterocycles. The Labute approximate surface area is 732 Å². The van der Waals surface area contributed by atoms with Crippen molar-refractivity contribution in [3.8, 4) is 34.1 Å². The van der Waals surface area contributed by atoms with E-state index in [2.05, 4.69) is 41.2 Å². The van der Waals surface area contributed by atoms with Gasteiger partial charge in [0.1, 0.15) is 103 Å². The summed E-state index contributed by atoms with van der Waals surface area (Å²) in [4.78, 5) is 17.3. The molecular weight excluding hydrogens is 1780 g/mol. The fraction of sp³-hybridized carbons (Fsp3) is 0.163. The number of furan rings is 2. The van der Waals surface area contributed by atoms with Gasteiger partial charge in [0.05, 0.1) is 65.3 Å². The number of hydrogen-bond acceptors (Lipinski definition) is 24. The fourth-order valence-electron chi connectivity index (χ4n) is 10.9. The molecule has 125 heavy (non-hydrogen) atoms. The van der Waals surface area contributed by atoms with E-state index in [4.69, 9.17) is 59.7 Å². The van der Waals surface area contributed by atoms with Gasteiger partial charge in [0, 0.05) is 58.9 Å². The lowest BCUT2D eigenvalue weighted by atomic mass is 10.1. The maximum Gasteiger partial charge on any atom is 0.294 e. The molecule has 0 fully saturated rings. The second-order valence-corrected chi connectivity index (χ2v) is 38.6. The summed E-state index contributed by atoms with van der Waals surface area (Å²) in [6, 6.07) is 65.9. The SMILES string of the molecule is CS(=O)(=O)CCNCc1ccc(-c2ccc3ncnc(Nc4ccc(OCc5cccc(F)c5)c(Cl)c4)c3c2)o1.CS(=O)(=O)CCNCc1ccc(-c2ccc3ncnc(Nc4ccc(OCc5cccc(F)c5)c(Cl)c4)c3c2)o1.Cc1ccc(S(=O)(=O)O)cc1.Cc1ccc(S(=O)(=O)O)cc1.Cc1ccc(S(=O)(=O)O)cc1.Cc1ccc(S(=O)(=O)O)cc1.O. The lowest BCUT2D eigenvalue weighted by molar-refractivity contribution is 0.306. The zero-order chi connectivity index (χ0) is 90.2. The van der Waals surface area contributed by atoms with E-state index in [1.165, 1.54) is 98.0 Å². The number of nitrogens with one attached hydrogen (secondary N) is 4. The van der Waals surface area contributed by atoms with Crippen LogP contribution in [0.1, 0.15) is 44.9 Å². The smallest absolute Gasteiger partial charge is 0.294 e. The minimum atomic E-state index is -4.02. The molecule has 10 aromatic carbocycles. The standard InChI is InChI=1S/2C29H26ClFN4O4S.4C7H8O3S.H2O/c2*1-40(36,37)12-11-32-16-23-7-10-27(39-23)20-5-8-26-24(14-20)29(34-18-33-26)35-22-6-9-28(25(30)15-22)38-17-19-3-2-4-21(31)13-19;4*1-6-2-4-7(5-3-6)11(8,9)10;/h2*2-10,13-15,18,32H,11-12,16-17H2,1H3,(H,33,34,35);4*2-5H,1H3,(H,8,9,10);1H2. The molecule has 4 heterocycles. The molecule has 660 valence electrons. The van der Waals surface area contributed by atoms with Gasteiger partial charge in [-0.2, -0.15) is 33.7 Å². The molecule has 0 aliphatic rings. The molecular formula is C86H86Cl2F2N8O21S6. The van der Waals surface area contributed by atoms with Gasteiger partial charge in [0.25, 0.3) is 40.5 Å². The quantitative estimate of drug-likeness (QED) is 0.0184. The molecule has 0 saturated carbocycles. The number of benzene rings is 10. The van der Waals surface area contributed by atoms with Crippen molar-refractivity contribution in [2.24, 2.45) is 0 Å². The molecule has 0 aliphatic carbocycles. The first-order chi connectivity index (χ1) is 58.5. The lowest BCUT2D eigenvalue weighted by Gasteiger charge is -2.12. The minimum absolute atomic E-state index is 0. The third kappa shape index (κ3) is 32.8. The van der Waals surface area contributed by atoms with Crippen molar-refractivity contribution in [3.63, 3.8) is 0 Å². The highest BCUT2D eigenvalue weighted by Gasteiger charge is 2.17. The van der Waals surface area contributed by atoms with Crippen LogP contribution in [0.3, 0.4) is 0 Å². The van der Waals surface area contributed by atoms with Crippen molar-refractivity contribution in [1.82, 2.24) is 30.6 Å². The minimum Gasteiger partial charge on any atom is -0.487 e. The van der Waals surface area contributed by atoms with Gasteiger partial charge in [-0.3, -0.25) is 18.2 Å². The Morgan fingerprint density at radius 2 is 0.704 bits per heavy atom. The van der Waals surface area contributed by atoms with Gasteiger partial charge in [-0.25, -0.2) is 45.6 Å². The van der Waals surface area contributed by atoms with Crippen LogP contribution in [-0.4, -0.2) is 131 Å². The first-order valence-corrected chi connectivity index (χ1v) is 47.6. The highest BCUT2D eigenvalue weighted by Crippen LogP contribution is 2.36. The van der Waals surface area contributed by atoms with Crippen LogP contribution in [0.15, 0.2) is 284 Å². The molecule has 0 radical (unpaired) electrons. The summed E-state index contributed by atoms with van der Waals surface area (Å²) in [6.07, 6.45) is 5.38. The van der Waals surface area contributed by atoms with E-state index >= 15 is 0 Å². The molecule has 0 unspecified atom stereocenters. The number of anilines is 4. The number of sulfone groups is 2. The van der Waals surface area contributed by atoms with Crippen LogP contribution in [0, 0.1) is 39.3 Å². The summed E-state index contributed by atoms with van der Waals surface area (Å²) in [6.45, 7) is 9.28. The molecule has 0 amide bonds. The average Bonchev–Trinajstić information content (AvgIpc) is 1.77. The predicted molar refractivity (Wildman–Crippen MR) is 476 cm³/mol. The van der Waals surface area contributed by atoms with Crippen LogP contribution in [0.2, 0.25) is 10.0 Å². The normalized spacial score (nSPS) is 11.4. The topological polar surface area (TPSA) is 462 Å². The van der Waals surface area contributed by atoms with E-state index < -0.39 is 60.1 Å². The Morgan fingerprint density at radius 3 is 0.992 bits per heavy atom. The van der Waals surface area contributed by atoms with Gasteiger partial charge < -0.3 is 45.1 Å². The zero-order valence-corrected chi connectivity index (χ0v) is 73.9. The van der Waals surface area contributed by atoms with Crippen molar-refractivity contribution in [2.45, 2.75) is 73.6 Å². The number of fused-ring (bicyclic) bond motifs is 2. The first-order valence-electron chi connectivity index (χ1n) is 37.0. The second-order valence-electron chi connectivity index (χ2n) is 27.6. The van der Waals surface area contributed by atoms with Crippen molar-refractivity contribution in [3.05, 3.63) is 322 Å². The van der Waals surface area contributed by atoms with Crippen LogP contribution in [0.4, 0.5) is 31.8 Å². The van der Waals surface area contributed by atoms with E-state index in [9.17, 15) is 59.3 Å². The van der Waals surface area contributed by atoms with Crippen molar-refractivity contribution >= 4 is 128 Å². The Bertz CT molecular complexity index is 6200. The predicted octanol–water partition coefficient (Wildman–Crippen LogP) is 16.4. The summed E-state index contributed by atoms with van der Waals surface area (Å²) in [5.74, 6) is 4.35. The average molecular weight is 1870 g/mol. The summed E-state index contributed by atoms with van der Waals surface area (Å²) in [5.41, 5.74) is 9.81. The van der Waals surface area contributed by atoms with Crippen LogP contribution in [-0.2, 0) is 86.5 Å². The highest BCUT2D eigenvalue weighted by molar-refractivity contribution is 7.91. The molecule has 39 heteroatoms. The Morgan fingerprint density at radius 1 is 0.384 bits per heavy atom. The highest BCUT2D eigenvalue weighted by atomic mass is 35.5. The lowest BCUT2D eigenvalue weighted by Crippen LogP contribution is -2.21. The van der Waals surface area contributed by atoms with E-state index in [1.807, 2.05) is 100 Å². The van der Waals surface area contributed by atoms with E-state index in [0.717, 1.165) is 55.2 Å². The monoisotopic (exact) mass is 1870 g/mol. The van der Waals surface area contributed by atoms with Gasteiger partial charge in [0.15, 0.2) is 0 Å². The molecule has 0 spiro atoms. The molecule has 4 aromatic heterocycles. The maximum absolute atomic E-state index is 13.4. The van der Waals surface area contributed by atoms with E-state index in [-0.39, 0.29) is 61.4 Å².